The number of hydrogen-bond donors (Lipinski definition) is 2. The molecule has 26 heavy (non-hydrogen) atoms. The van der Waals surface area contributed by atoms with E-state index in [0.29, 0.717) is 6.61 Å². The van der Waals surface area contributed by atoms with Crippen molar-refractivity contribution in [3.63, 3.8) is 0 Å². The minimum Gasteiger partial charge on any atom is -0.507 e. The van der Waals surface area contributed by atoms with Crippen molar-refractivity contribution >= 4 is 23.3 Å². The molecule has 134 valence electrons. The number of fused-ring (bicyclic) bond motifs is 1. The molecule has 0 aliphatic heterocycles. The summed E-state index contributed by atoms with van der Waals surface area (Å²) < 4.78 is 5.60. The summed E-state index contributed by atoms with van der Waals surface area (Å²) in [6.45, 7) is 2.75. The third-order valence-corrected chi connectivity index (χ3v) is 4.97. The van der Waals surface area contributed by atoms with E-state index in [1.165, 1.54) is 18.2 Å². The molecule has 0 aromatic heterocycles. The molecular weight excluding hydrogens is 352 g/mol. The van der Waals surface area contributed by atoms with Crippen LogP contribution in [0.2, 0.25) is 0 Å². The second-order valence-corrected chi connectivity index (χ2v) is 6.95. The average Bonchev–Trinajstić information content (AvgIpc) is 2.63. The lowest BCUT2D eigenvalue weighted by Gasteiger charge is -2.17. The van der Waals surface area contributed by atoms with Crippen LogP contribution in [-0.4, -0.2) is 28.4 Å². The zero-order valence-corrected chi connectivity index (χ0v) is 15.0. The first-order chi connectivity index (χ1) is 12.5. The van der Waals surface area contributed by atoms with Crippen LogP contribution in [-0.2, 0) is 0 Å². The van der Waals surface area contributed by atoms with Crippen LogP contribution in [0, 0.1) is 0 Å². The standard InChI is InChI=1S/C20H18O5S/c1-2-3-10-25-12-4-6-13(7-5-12)26-17-11-16(23)18-14(21)8-9-15(22)19(18)20(17)24/h4-9,11,21-22H,2-3,10H2,1H3. The minimum absolute atomic E-state index is 0.153. The van der Waals surface area contributed by atoms with E-state index in [2.05, 4.69) is 6.92 Å². The number of phenolic OH excluding ortho intramolecular Hbond substituents is 2. The fourth-order valence-corrected chi connectivity index (χ4v) is 3.47. The molecule has 2 aromatic rings. The number of allylic oxidation sites excluding steroid dienone is 2. The Morgan fingerprint density at radius 1 is 0.962 bits per heavy atom. The molecular formula is C20H18O5S. The first-order valence-electron chi connectivity index (χ1n) is 8.27. The molecule has 3 rings (SSSR count). The number of carbonyl (C=O) groups excluding carboxylic acids is 2. The lowest BCUT2D eigenvalue weighted by Crippen LogP contribution is -2.16. The van der Waals surface area contributed by atoms with Crippen molar-refractivity contribution in [2.24, 2.45) is 0 Å². The van der Waals surface area contributed by atoms with Gasteiger partial charge in [0.25, 0.3) is 0 Å². The molecule has 6 heteroatoms. The smallest absolute Gasteiger partial charge is 0.204 e. The lowest BCUT2D eigenvalue weighted by atomic mass is 9.93. The number of benzene rings is 2. The highest BCUT2D eigenvalue weighted by Gasteiger charge is 2.31. The van der Waals surface area contributed by atoms with Gasteiger partial charge in [0.05, 0.1) is 22.6 Å². The second kappa shape index (κ2) is 7.66. The molecule has 0 saturated carbocycles. The maximum atomic E-state index is 12.6. The number of unbranched alkanes of at least 4 members (excludes halogenated alkanes) is 1. The summed E-state index contributed by atoms with van der Waals surface area (Å²) in [7, 11) is 0. The van der Waals surface area contributed by atoms with Gasteiger partial charge in [0.15, 0.2) is 5.78 Å². The monoisotopic (exact) mass is 370 g/mol. The summed E-state index contributed by atoms with van der Waals surface area (Å²) in [6, 6.07) is 9.64. The van der Waals surface area contributed by atoms with Crippen LogP contribution in [0.1, 0.15) is 40.5 Å². The first kappa shape index (κ1) is 18.1. The predicted octanol–water partition coefficient (Wildman–Crippen LogP) is 4.33. The van der Waals surface area contributed by atoms with Crippen molar-refractivity contribution in [3.05, 3.63) is 58.5 Å². The molecule has 0 spiro atoms. The Morgan fingerprint density at radius 2 is 1.62 bits per heavy atom. The van der Waals surface area contributed by atoms with Gasteiger partial charge in [-0.15, -0.1) is 0 Å². The SMILES string of the molecule is CCCCOc1ccc(SC2=CC(=O)c3c(O)ccc(O)c3C2=O)cc1. The van der Waals surface area contributed by atoms with Crippen molar-refractivity contribution in [1.29, 1.82) is 0 Å². The minimum atomic E-state index is -0.505. The van der Waals surface area contributed by atoms with Gasteiger partial charge in [-0.25, -0.2) is 0 Å². The van der Waals surface area contributed by atoms with E-state index >= 15 is 0 Å². The molecule has 0 amide bonds. The molecule has 2 aromatic carbocycles. The number of thioether (sulfide) groups is 1. The lowest BCUT2D eigenvalue weighted by molar-refractivity contribution is 0.0986. The van der Waals surface area contributed by atoms with E-state index in [1.54, 1.807) is 0 Å². The molecule has 2 N–H and O–H groups in total. The molecule has 0 heterocycles. The van der Waals surface area contributed by atoms with Crippen LogP contribution < -0.4 is 4.74 Å². The van der Waals surface area contributed by atoms with Crippen LogP contribution in [0.25, 0.3) is 0 Å². The average molecular weight is 370 g/mol. The predicted molar refractivity (Wildman–Crippen MR) is 99.2 cm³/mol. The summed E-state index contributed by atoms with van der Waals surface area (Å²) >= 11 is 1.13. The Morgan fingerprint density at radius 3 is 2.27 bits per heavy atom. The quantitative estimate of drug-likeness (QED) is 0.582. The van der Waals surface area contributed by atoms with Crippen LogP contribution in [0.3, 0.4) is 0 Å². The van der Waals surface area contributed by atoms with Gasteiger partial charge in [0.1, 0.15) is 17.2 Å². The van der Waals surface area contributed by atoms with Crippen molar-refractivity contribution in [3.8, 4) is 17.2 Å². The normalized spacial score (nSPS) is 13.3. The Labute approximate surface area is 155 Å². The van der Waals surface area contributed by atoms with Gasteiger partial charge in [-0.2, -0.15) is 0 Å². The summed E-state index contributed by atoms with van der Waals surface area (Å²) in [4.78, 5) is 25.9. The summed E-state index contributed by atoms with van der Waals surface area (Å²) in [5.74, 6) is -0.876. The van der Waals surface area contributed by atoms with Gasteiger partial charge in [-0.1, -0.05) is 25.1 Å². The summed E-state index contributed by atoms with van der Waals surface area (Å²) in [6.07, 6.45) is 3.23. The van der Waals surface area contributed by atoms with Crippen molar-refractivity contribution in [2.45, 2.75) is 24.7 Å². The molecule has 1 aliphatic rings. The molecule has 1 aliphatic carbocycles. The molecule has 0 saturated heterocycles. The van der Waals surface area contributed by atoms with Gasteiger partial charge < -0.3 is 14.9 Å². The second-order valence-electron chi connectivity index (χ2n) is 5.83. The van der Waals surface area contributed by atoms with Gasteiger partial charge >= 0.3 is 0 Å². The maximum absolute atomic E-state index is 12.6. The number of aromatic hydroxyl groups is 2. The molecule has 0 unspecified atom stereocenters. The highest BCUT2D eigenvalue weighted by Crippen LogP contribution is 2.39. The van der Waals surface area contributed by atoms with E-state index in [9.17, 15) is 19.8 Å². The Kier molecular flexibility index (Phi) is 5.32. The third-order valence-electron chi connectivity index (χ3n) is 3.94. The highest BCUT2D eigenvalue weighted by atomic mass is 32.2. The number of phenols is 2. The van der Waals surface area contributed by atoms with E-state index in [4.69, 9.17) is 4.74 Å². The number of Topliss-reactive ketones (excluding diaryl/α,β-unsaturated/α-hetero) is 1. The Hall–Kier alpha value is -2.73. The zero-order valence-electron chi connectivity index (χ0n) is 14.2. The zero-order chi connectivity index (χ0) is 18.7. The Balaban J connectivity index is 1.80. The van der Waals surface area contributed by atoms with E-state index in [0.717, 1.165) is 35.2 Å². The van der Waals surface area contributed by atoms with Gasteiger partial charge in [-0.3, -0.25) is 9.59 Å². The van der Waals surface area contributed by atoms with Crippen LogP contribution in [0.15, 0.2) is 52.3 Å². The molecule has 5 nitrogen and oxygen atoms in total. The molecule has 0 bridgehead atoms. The largest absolute Gasteiger partial charge is 0.507 e. The molecule has 0 radical (unpaired) electrons. The van der Waals surface area contributed by atoms with Gasteiger partial charge in [-0.05, 0) is 42.8 Å². The van der Waals surface area contributed by atoms with Crippen molar-refractivity contribution in [1.82, 2.24) is 0 Å². The molecule has 0 fully saturated rings. The van der Waals surface area contributed by atoms with Gasteiger partial charge in [0, 0.05) is 11.0 Å². The number of ketones is 2. The van der Waals surface area contributed by atoms with Crippen molar-refractivity contribution in [2.75, 3.05) is 6.61 Å². The first-order valence-corrected chi connectivity index (χ1v) is 9.09. The number of rotatable bonds is 6. The molecule has 0 atom stereocenters. The maximum Gasteiger partial charge on any atom is 0.204 e. The fourth-order valence-electron chi connectivity index (χ4n) is 2.58. The van der Waals surface area contributed by atoms with E-state index < -0.39 is 11.6 Å². The highest BCUT2D eigenvalue weighted by molar-refractivity contribution is 8.04. The fraction of sp³-hybridized carbons (Fsp3) is 0.200. The topological polar surface area (TPSA) is 83.8 Å². The number of hydrogen-bond acceptors (Lipinski definition) is 6. The number of ether oxygens (including phenoxy) is 1. The Bertz CT molecular complexity index is 884. The van der Waals surface area contributed by atoms with Crippen LogP contribution >= 0.6 is 11.8 Å². The van der Waals surface area contributed by atoms with Crippen LogP contribution in [0.4, 0.5) is 0 Å². The van der Waals surface area contributed by atoms with Crippen molar-refractivity contribution < 1.29 is 24.5 Å². The van der Waals surface area contributed by atoms with Crippen LogP contribution in [0.5, 0.6) is 17.2 Å². The third kappa shape index (κ3) is 3.60. The summed E-state index contributed by atoms with van der Waals surface area (Å²) in [5, 5.41) is 19.8. The number of carbonyl (C=O) groups is 2. The van der Waals surface area contributed by atoms with E-state index in [-0.39, 0.29) is 27.5 Å². The van der Waals surface area contributed by atoms with Gasteiger partial charge in [0.2, 0.25) is 5.78 Å². The van der Waals surface area contributed by atoms with E-state index in [1.807, 2.05) is 24.3 Å². The summed E-state index contributed by atoms with van der Waals surface area (Å²) in [5.41, 5.74) is -0.307.